The van der Waals surface area contributed by atoms with Crippen molar-refractivity contribution in [2.45, 2.75) is 117 Å². The molecule has 0 amide bonds. The number of benzene rings is 3. The summed E-state index contributed by atoms with van der Waals surface area (Å²) in [4.78, 5) is 12.9. The molecular formula is C38H52O4. The van der Waals surface area contributed by atoms with Crippen LogP contribution in [0.5, 0.6) is 11.5 Å². The van der Waals surface area contributed by atoms with Gasteiger partial charge in [-0.1, -0.05) is 127 Å². The highest BCUT2D eigenvalue weighted by atomic mass is 16.6. The van der Waals surface area contributed by atoms with Crippen molar-refractivity contribution in [2.24, 2.45) is 0 Å². The molecule has 42 heavy (non-hydrogen) atoms. The lowest BCUT2D eigenvalue weighted by Gasteiger charge is -2.16. The van der Waals surface area contributed by atoms with Crippen LogP contribution in [0.4, 0.5) is 0 Å². The van der Waals surface area contributed by atoms with Crippen LogP contribution in [0.3, 0.4) is 0 Å². The van der Waals surface area contributed by atoms with E-state index in [-0.39, 0.29) is 12.2 Å². The Labute approximate surface area is 254 Å². The van der Waals surface area contributed by atoms with E-state index in [1.54, 1.807) is 6.07 Å². The molecular weight excluding hydrogens is 520 g/mol. The predicted molar refractivity (Wildman–Crippen MR) is 174 cm³/mol. The van der Waals surface area contributed by atoms with Crippen molar-refractivity contribution in [2.75, 3.05) is 6.61 Å². The third kappa shape index (κ3) is 11.6. The first-order chi connectivity index (χ1) is 20.5. The molecule has 3 aromatic carbocycles. The summed E-state index contributed by atoms with van der Waals surface area (Å²) in [6.45, 7) is 9.36. The summed E-state index contributed by atoms with van der Waals surface area (Å²) in [6, 6.07) is 23.4. The van der Waals surface area contributed by atoms with E-state index in [1.165, 1.54) is 63.4 Å². The molecule has 0 aliphatic rings. The van der Waals surface area contributed by atoms with Crippen LogP contribution in [-0.2, 0) is 4.74 Å². The van der Waals surface area contributed by atoms with Crippen LogP contribution in [0.2, 0.25) is 0 Å². The van der Waals surface area contributed by atoms with Crippen molar-refractivity contribution in [3.8, 4) is 22.6 Å². The van der Waals surface area contributed by atoms with Crippen LogP contribution >= 0.6 is 0 Å². The van der Waals surface area contributed by atoms with Crippen LogP contribution < -0.4 is 9.47 Å². The number of hydrogen-bond acceptors (Lipinski definition) is 4. The van der Waals surface area contributed by atoms with Crippen molar-refractivity contribution in [1.82, 2.24) is 0 Å². The molecule has 0 saturated carbocycles. The van der Waals surface area contributed by atoms with E-state index in [2.05, 4.69) is 45.0 Å². The minimum absolute atomic E-state index is 0.0552. The smallest absolute Gasteiger partial charge is 0.343 e. The molecule has 2 atom stereocenters. The number of para-hydroxylation sites is 2. The summed E-state index contributed by atoms with van der Waals surface area (Å²) in [5.41, 5.74) is 3.83. The van der Waals surface area contributed by atoms with Crippen LogP contribution in [0.25, 0.3) is 11.1 Å². The molecule has 4 nitrogen and oxygen atoms in total. The maximum absolute atomic E-state index is 12.9. The highest BCUT2D eigenvalue weighted by Gasteiger charge is 2.14. The van der Waals surface area contributed by atoms with Gasteiger partial charge in [-0.25, -0.2) is 4.79 Å². The molecule has 0 aliphatic heterocycles. The van der Waals surface area contributed by atoms with E-state index in [4.69, 9.17) is 14.2 Å². The predicted octanol–water partition coefficient (Wildman–Crippen LogP) is 11.1. The van der Waals surface area contributed by atoms with Crippen molar-refractivity contribution < 1.29 is 19.0 Å². The first kappa shape index (κ1) is 33.4. The van der Waals surface area contributed by atoms with Gasteiger partial charge in [0.05, 0.1) is 17.8 Å². The van der Waals surface area contributed by atoms with Gasteiger partial charge in [0.1, 0.15) is 0 Å². The number of rotatable bonds is 20. The summed E-state index contributed by atoms with van der Waals surface area (Å²) in [5.74, 6) is 0.629. The normalized spacial score (nSPS) is 12.6. The Kier molecular flexibility index (Phi) is 15.2. The Morgan fingerprint density at radius 1 is 0.643 bits per heavy atom. The zero-order valence-electron chi connectivity index (χ0n) is 26.4. The lowest BCUT2D eigenvalue weighted by atomic mass is 10.0. The Morgan fingerprint density at radius 3 is 1.79 bits per heavy atom. The number of carbonyl (C=O) groups is 1. The molecule has 2 unspecified atom stereocenters. The second-order valence-electron chi connectivity index (χ2n) is 11.4. The number of hydrogen-bond donors (Lipinski definition) is 0. The fraction of sp³-hybridized carbons (Fsp3) is 0.500. The minimum atomic E-state index is -0.399. The molecule has 4 heteroatoms. The molecule has 0 spiro atoms. The lowest BCUT2D eigenvalue weighted by molar-refractivity contribution is 0.0627. The molecule has 0 radical (unpaired) electrons. The van der Waals surface area contributed by atoms with E-state index in [0.717, 1.165) is 37.0 Å². The monoisotopic (exact) mass is 572 g/mol. The molecule has 0 bridgehead atoms. The SMILES string of the molecule is CCCCCCCCCCCCOC(C)c1ccc(-c2ccc(C(=O)Oc3ccccc3OC(C)CCC)cc2)cc1. The third-order valence-corrected chi connectivity index (χ3v) is 7.77. The van der Waals surface area contributed by atoms with Crippen LogP contribution in [-0.4, -0.2) is 18.7 Å². The van der Waals surface area contributed by atoms with Gasteiger partial charge in [0.2, 0.25) is 0 Å². The van der Waals surface area contributed by atoms with Gasteiger partial charge >= 0.3 is 5.97 Å². The highest BCUT2D eigenvalue weighted by molar-refractivity contribution is 5.92. The number of esters is 1. The summed E-state index contributed by atoms with van der Waals surface area (Å²) < 4.78 is 17.8. The summed E-state index contributed by atoms with van der Waals surface area (Å²) in [6.07, 6.45) is 15.4. The number of unbranched alkanes of at least 4 members (excludes halogenated alkanes) is 9. The van der Waals surface area contributed by atoms with Gasteiger partial charge in [-0.3, -0.25) is 0 Å². The van der Waals surface area contributed by atoms with Crippen LogP contribution in [0.15, 0.2) is 72.8 Å². The number of carbonyl (C=O) groups excluding carboxylic acids is 1. The Morgan fingerprint density at radius 2 is 1.19 bits per heavy atom. The fourth-order valence-electron chi connectivity index (χ4n) is 5.16. The van der Waals surface area contributed by atoms with Gasteiger partial charge in [-0.15, -0.1) is 0 Å². The molecule has 0 N–H and O–H groups in total. The lowest BCUT2D eigenvalue weighted by Crippen LogP contribution is -2.14. The molecule has 3 rings (SSSR count). The van der Waals surface area contributed by atoms with Crippen LogP contribution in [0, 0.1) is 0 Å². The van der Waals surface area contributed by atoms with Gasteiger partial charge in [-0.2, -0.15) is 0 Å². The second-order valence-corrected chi connectivity index (χ2v) is 11.4. The zero-order valence-corrected chi connectivity index (χ0v) is 26.4. The zero-order chi connectivity index (χ0) is 30.0. The Hall–Kier alpha value is -3.11. The van der Waals surface area contributed by atoms with Gasteiger partial charge in [-0.05, 0) is 67.6 Å². The van der Waals surface area contributed by atoms with Crippen molar-refractivity contribution in [3.05, 3.63) is 83.9 Å². The number of ether oxygens (including phenoxy) is 3. The summed E-state index contributed by atoms with van der Waals surface area (Å²) >= 11 is 0. The first-order valence-corrected chi connectivity index (χ1v) is 16.3. The standard InChI is InChI=1S/C38H52O4/c1-5-7-8-9-10-11-12-13-14-17-29-40-31(4)32-21-23-33(24-22-32)34-25-27-35(28-26-34)38(39)42-37-20-16-15-19-36(37)41-30(3)18-6-2/h15-16,19-28,30-31H,5-14,17-18,29H2,1-4H3. The first-order valence-electron chi connectivity index (χ1n) is 16.3. The molecule has 0 heterocycles. The second kappa shape index (κ2) is 19.2. The molecule has 0 fully saturated rings. The quantitative estimate of drug-likeness (QED) is 0.0767. The molecule has 0 aromatic heterocycles. The van der Waals surface area contributed by atoms with Crippen LogP contribution in [0.1, 0.15) is 127 Å². The molecule has 3 aromatic rings. The van der Waals surface area contributed by atoms with Crippen molar-refractivity contribution >= 4 is 5.97 Å². The van der Waals surface area contributed by atoms with Gasteiger partial charge < -0.3 is 14.2 Å². The Bertz CT molecular complexity index is 1150. The van der Waals surface area contributed by atoms with Gasteiger partial charge in [0.15, 0.2) is 11.5 Å². The highest BCUT2D eigenvalue weighted by Crippen LogP contribution is 2.29. The van der Waals surface area contributed by atoms with E-state index < -0.39 is 5.97 Å². The van der Waals surface area contributed by atoms with E-state index >= 15 is 0 Å². The van der Waals surface area contributed by atoms with E-state index in [9.17, 15) is 4.79 Å². The largest absolute Gasteiger partial charge is 0.487 e. The molecule has 0 saturated heterocycles. The van der Waals surface area contributed by atoms with Crippen molar-refractivity contribution in [3.63, 3.8) is 0 Å². The van der Waals surface area contributed by atoms with Gasteiger partial charge in [0, 0.05) is 6.61 Å². The molecule has 0 aliphatic carbocycles. The third-order valence-electron chi connectivity index (χ3n) is 7.77. The van der Waals surface area contributed by atoms with Crippen molar-refractivity contribution in [1.29, 1.82) is 0 Å². The average molecular weight is 573 g/mol. The summed E-state index contributed by atoms with van der Waals surface area (Å²) in [7, 11) is 0. The summed E-state index contributed by atoms with van der Waals surface area (Å²) in [5, 5.41) is 0. The minimum Gasteiger partial charge on any atom is -0.487 e. The molecule has 228 valence electrons. The Balaban J connectivity index is 1.42. The topological polar surface area (TPSA) is 44.8 Å². The average Bonchev–Trinajstić information content (AvgIpc) is 3.01. The van der Waals surface area contributed by atoms with E-state index in [0.29, 0.717) is 17.1 Å². The maximum atomic E-state index is 12.9. The van der Waals surface area contributed by atoms with Gasteiger partial charge in [0.25, 0.3) is 0 Å². The maximum Gasteiger partial charge on any atom is 0.343 e. The fourth-order valence-corrected chi connectivity index (χ4v) is 5.16. The van der Waals surface area contributed by atoms with E-state index in [1.807, 2.05) is 49.4 Å².